The van der Waals surface area contributed by atoms with E-state index >= 15 is 0 Å². The van der Waals surface area contributed by atoms with E-state index < -0.39 is 11.7 Å². The molecule has 0 atom stereocenters. The number of rotatable bonds is 1. The largest absolute Gasteiger partial charge is 0.444 e. The van der Waals surface area contributed by atoms with E-state index in [1.807, 2.05) is 25.7 Å². The fourth-order valence-corrected chi connectivity index (χ4v) is 1.93. The van der Waals surface area contributed by atoms with Crippen molar-refractivity contribution in [1.29, 1.82) is 0 Å². The van der Waals surface area contributed by atoms with Crippen LogP contribution in [0.1, 0.15) is 41.5 Å². The zero-order chi connectivity index (χ0) is 14.8. The number of ether oxygens (including phenoxy) is 1. The fraction of sp³-hybridized carbons (Fsp3) is 0.857. The van der Waals surface area contributed by atoms with E-state index in [9.17, 15) is 9.59 Å². The average Bonchev–Trinajstić information content (AvgIpc) is 2.16. The number of hydrogen-bond donors (Lipinski definition) is 0. The highest BCUT2D eigenvalue weighted by Gasteiger charge is 2.31. The van der Waals surface area contributed by atoms with Gasteiger partial charge in [-0.1, -0.05) is 20.8 Å². The number of hydrogen-bond acceptors (Lipinski definition) is 3. The molecule has 110 valence electrons. The first kappa shape index (κ1) is 15.8. The smallest absolute Gasteiger partial charge is 0.410 e. The molecule has 5 heteroatoms. The van der Waals surface area contributed by atoms with E-state index in [4.69, 9.17) is 4.74 Å². The lowest BCUT2D eigenvalue weighted by Gasteiger charge is -2.37. The molecule has 5 nitrogen and oxygen atoms in total. The molecule has 0 aromatic heterocycles. The van der Waals surface area contributed by atoms with Crippen molar-refractivity contribution in [3.8, 4) is 0 Å². The van der Waals surface area contributed by atoms with Gasteiger partial charge in [-0.15, -0.1) is 0 Å². The van der Waals surface area contributed by atoms with Gasteiger partial charge in [0.2, 0.25) is 5.91 Å². The van der Waals surface area contributed by atoms with Crippen molar-refractivity contribution in [1.82, 2.24) is 9.80 Å². The van der Waals surface area contributed by atoms with Gasteiger partial charge >= 0.3 is 6.09 Å². The first-order valence-corrected chi connectivity index (χ1v) is 6.74. The Morgan fingerprint density at radius 1 is 1.16 bits per heavy atom. The third kappa shape index (κ3) is 5.49. The Labute approximate surface area is 115 Å². The molecule has 0 aromatic rings. The molecule has 1 heterocycles. The van der Waals surface area contributed by atoms with Crippen LogP contribution in [0, 0.1) is 5.41 Å². The molecule has 1 saturated heterocycles. The lowest BCUT2D eigenvalue weighted by molar-refractivity contribution is -0.137. The summed E-state index contributed by atoms with van der Waals surface area (Å²) in [6, 6.07) is 0. The van der Waals surface area contributed by atoms with Gasteiger partial charge in [0.15, 0.2) is 0 Å². The highest BCUT2D eigenvalue weighted by Crippen LogP contribution is 2.18. The molecule has 1 aliphatic rings. The van der Waals surface area contributed by atoms with Gasteiger partial charge < -0.3 is 9.64 Å². The fourth-order valence-electron chi connectivity index (χ4n) is 1.93. The second-order valence-electron chi connectivity index (χ2n) is 7.28. The lowest BCUT2D eigenvalue weighted by Crippen LogP contribution is -2.54. The first-order chi connectivity index (χ1) is 8.48. The minimum atomic E-state index is -0.525. The third-order valence-electron chi connectivity index (χ3n) is 2.64. The van der Waals surface area contributed by atoms with Crippen molar-refractivity contribution in [2.24, 2.45) is 5.41 Å². The van der Waals surface area contributed by atoms with Crippen molar-refractivity contribution in [3.63, 3.8) is 0 Å². The van der Waals surface area contributed by atoms with Crippen LogP contribution >= 0.6 is 0 Å². The molecule has 0 N–H and O–H groups in total. The van der Waals surface area contributed by atoms with E-state index in [1.165, 1.54) is 4.90 Å². The zero-order valence-electron chi connectivity index (χ0n) is 12.9. The maximum absolute atomic E-state index is 12.0. The Bertz CT molecular complexity index is 353. The van der Waals surface area contributed by atoms with Gasteiger partial charge in [-0.25, -0.2) is 4.79 Å². The highest BCUT2D eigenvalue weighted by molar-refractivity contribution is 5.83. The Hall–Kier alpha value is -1.26. The summed E-state index contributed by atoms with van der Waals surface area (Å²) >= 11 is 0. The molecule has 1 rings (SSSR count). The third-order valence-corrected chi connectivity index (χ3v) is 2.64. The summed E-state index contributed by atoms with van der Waals surface area (Å²) in [7, 11) is 0. The molecule has 19 heavy (non-hydrogen) atoms. The Morgan fingerprint density at radius 2 is 1.74 bits per heavy atom. The molecule has 0 aromatic carbocycles. The van der Waals surface area contributed by atoms with Crippen LogP contribution in [-0.4, -0.2) is 53.6 Å². The summed E-state index contributed by atoms with van der Waals surface area (Å²) in [4.78, 5) is 27.2. The first-order valence-electron chi connectivity index (χ1n) is 6.74. The predicted molar refractivity (Wildman–Crippen MR) is 73.8 cm³/mol. The van der Waals surface area contributed by atoms with Crippen LogP contribution in [0.4, 0.5) is 4.79 Å². The number of carbonyl (C=O) groups is 2. The zero-order valence-corrected chi connectivity index (χ0v) is 12.9. The van der Waals surface area contributed by atoms with E-state index in [2.05, 4.69) is 20.8 Å². The van der Waals surface area contributed by atoms with Crippen LogP contribution in [0.3, 0.4) is 0 Å². The molecule has 0 radical (unpaired) electrons. The summed E-state index contributed by atoms with van der Waals surface area (Å²) in [5.74, 6) is -0.00738. The molecule has 0 saturated carbocycles. The summed E-state index contributed by atoms with van der Waals surface area (Å²) in [6.45, 7) is 13.7. The SMILES string of the molecule is CC(C)(C)CN1CCN(C(=O)OC(C)(C)C)CC1=O. The van der Waals surface area contributed by atoms with Crippen LogP contribution in [0.25, 0.3) is 0 Å². The quantitative estimate of drug-likeness (QED) is 0.733. The Morgan fingerprint density at radius 3 is 2.16 bits per heavy atom. The van der Waals surface area contributed by atoms with Crippen LogP contribution in [-0.2, 0) is 9.53 Å². The van der Waals surface area contributed by atoms with Crippen molar-refractivity contribution in [2.75, 3.05) is 26.2 Å². The van der Waals surface area contributed by atoms with Crippen LogP contribution in [0.5, 0.6) is 0 Å². The summed E-state index contributed by atoms with van der Waals surface area (Å²) in [6.07, 6.45) is -0.406. The lowest BCUT2D eigenvalue weighted by atomic mass is 9.95. The number of amides is 2. The van der Waals surface area contributed by atoms with Crippen LogP contribution in [0.2, 0.25) is 0 Å². The van der Waals surface area contributed by atoms with Gasteiger partial charge in [-0.05, 0) is 26.2 Å². The van der Waals surface area contributed by atoms with Gasteiger partial charge in [-0.2, -0.15) is 0 Å². The van der Waals surface area contributed by atoms with E-state index in [0.717, 1.165) is 0 Å². The molecule has 0 spiro atoms. The minimum absolute atomic E-state index is 0.00738. The summed E-state index contributed by atoms with van der Waals surface area (Å²) < 4.78 is 5.28. The normalized spacial score (nSPS) is 17.7. The molecule has 0 unspecified atom stereocenters. The Kier molecular flexibility index (Phi) is 4.48. The van der Waals surface area contributed by atoms with Gasteiger partial charge in [0.1, 0.15) is 12.1 Å². The summed E-state index contributed by atoms with van der Waals surface area (Å²) in [5.41, 5.74) is -0.452. The van der Waals surface area contributed by atoms with E-state index in [0.29, 0.717) is 19.6 Å². The molecule has 0 bridgehead atoms. The molecule has 2 amide bonds. The molecule has 0 aliphatic carbocycles. The van der Waals surface area contributed by atoms with Crippen molar-refractivity contribution in [3.05, 3.63) is 0 Å². The molecule has 1 aliphatic heterocycles. The Balaban J connectivity index is 2.54. The summed E-state index contributed by atoms with van der Waals surface area (Å²) in [5, 5.41) is 0. The number of carbonyl (C=O) groups excluding carboxylic acids is 2. The average molecular weight is 270 g/mol. The second-order valence-corrected chi connectivity index (χ2v) is 7.28. The number of nitrogens with zero attached hydrogens (tertiary/aromatic N) is 2. The maximum atomic E-state index is 12.0. The van der Waals surface area contributed by atoms with Gasteiger partial charge in [0.05, 0.1) is 0 Å². The van der Waals surface area contributed by atoms with E-state index in [1.54, 1.807) is 0 Å². The van der Waals surface area contributed by atoms with Crippen LogP contribution in [0.15, 0.2) is 0 Å². The highest BCUT2D eigenvalue weighted by atomic mass is 16.6. The van der Waals surface area contributed by atoms with Gasteiger partial charge in [0.25, 0.3) is 0 Å². The van der Waals surface area contributed by atoms with Gasteiger partial charge in [0, 0.05) is 19.6 Å². The standard InChI is InChI=1S/C14H26N2O3/c1-13(2,3)10-16-8-7-15(9-11(16)17)12(18)19-14(4,5)6/h7-10H2,1-6H3. The number of piperazine rings is 1. The molecule has 1 fully saturated rings. The predicted octanol–water partition coefficient (Wildman–Crippen LogP) is 2.11. The minimum Gasteiger partial charge on any atom is -0.444 e. The molecular weight excluding hydrogens is 244 g/mol. The maximum Gasteiger partial charge on any atom is 0.410 e. The van der Waals surface area contributed by atoms with Crippen LogP contribution < -0.4 is 0 Å². The van der Waals surface area contributed by atoms with Crippen molar-refractivity contribution in [2.45, 2.75) is 47.1 Å². The van der Waals surface area contributed by atoms with Gasteiger partial charge in [-0.3, -0.25) is 9.69 Å². The topological polar surface area (TPSA) is 49.9 Å². The van der Waals surface area contributed by atoms with E-state index in [-0.39, 0.29) is 17.9 Å². The monoisotopic (exact) mass is 270 g/mol. The molecular formula is C14H26N2O3. The van der Waals surface area contributed by atoms with Crippen molar-refractivity contribution >= 4 is 12.0 Å². The van der Waals surface area contributed by atoms with Crippen molar-refractivity contribution < 1.29 is 14.3 Å². The second kappa shape index (κ2) is 5.39.